The summed E-state index contributed by atoms with van der Waals surface area (Å²) in [7, 11) is 1.58. The third kappa shape index (κ3) is 4.96. The van der Waals surface area contributed by atoms with Crippen LogP contribution in [0.2, 0.25) is 0 Å². The van der Waals surface area contributed by atoms with Crippen LogP contribution in [-0.4, -0.2) is 42.8 Å². The SMILES string of the molecule is CCOC(=O)CN1C(=O)C(=O)C(=C(C)Nc2ccc(OC)cc2)C1c1ccc(Br)cc1. The molecule has 0 spiro atoms. The number of hydrogen-bond donors (Lipinski definition) is 1. The zero-order chi connectivity index (χ0) is 22.5. The standard InChI is InChI=1S/C23H23BrN2O5/c1-4-31-19(27)13-26-21(15-5-7-16(24)8-6-15)20(22(28)23(26)29)14(2)25-17-9-11-18(30-3)12-10-17/h5-12,21,25H,4,13H2,1-3H3. The number of nitrogens with zero attached hydrogens (tertiary/aromatic N) is 1. The van der Waals surface area contributed by atoms with Gasteiger partial charge in [0, 0.05) is 15.9 Å². The minimum atomic E-state index is -0.730. The number of anilines is 1. The van der Waals surface area contributed by atoms with Crippen LogP contribution in [0.3, 0.4) is 0 Å². The lowest BCUT2D eigenvalue weighted by Crippen LogP contribution is -2.35. The summed E-state index contributed by atoms with van der Waals surface area (Å²) < 4.78 is 11.0. The number of halogens is 1. The fraction of sp³-hybridized carbons (Fsp3) is 0.261. The Kier molecular flexibility index (Phi) is 7.12. The molecule has 1 amide bonds. The first kappa shape index (κ1) is 22.6. The molecule has 0 radical (unpaired) electrons. The van der Waals surface area contributed by atoms with Crippen molar-refractivity contribution in [1.82, 2.24) is 4.90 Å². The maximum atomic E-state index is 13.0. The highest BCUT2D eigenvalue weighted by Gasteiger charge is 2.45. The zero-order valence-electron chi connectivity index (χ0n) is 17.5. The van der Waals surface area contributed by atoms with Gasteiger partial charge in [-0.05, 0) is 55.8 Å². The normalized spacial score (nSPS) is 17.5. The largest absolute Gasteiger partial charge is 0.497 e. The van der Waals surface area contributed by atoms with E-state index < -0.39 is 23.7 Å². The molecule has 1 aliphatic rings. The number of ketones is 1. The van der Waals surface area contributed by atoms with Gasteiger partial charge in [0.1, 0.15) is 12.3 Å². The maximum absolute atomic E-state index is 13.0. The first-order valence-electron chi connectivity index (χ1n) is 9.74. The Balaban J connectivity index is 2.02. The molecular formula is C23H23BrN2O5. The highest BCUT2D eigenvalue weighted by atomic mass is 79.9. The van der Waals surface area contributed by atoms with Crippen LogP contribution < -0.4 is 10.1 Å². The van der Waals surface area contributed by atoms with Crippen molar-refractivity contribution in [3.05, 3.63) is 69.8 Å². The molecule has 0 bridgehead atoms. The van der Waals surface area contributed by atoms with Gasteiger partial charge in [0.2, 0.25) is 0 Å². The average molecular weight is 487 g/mol. The quantitative estimate of drug-likeness (QED) is 0.363. The van der Waals surface area contributed by atoms with Crippen molar-refractivity contribution in [2.75, 3.05) is 25.6 Å². The fourth-order valence-electron chi connectivity index (χ4n) is 3.48. The minimum Gasteiger partial charge on any atom is -0.497 e. The number of hydrogen-bond acceptors (Lipinski definition) is 6. The van der Waals surface area contributed by atoms with Crippen LogP contribution >= 0.6 is 15.9 Å². The molecule has 8 heteroatoms. The highest BCUT2D eigenvalue weighted by Crippen LogP contribution is 2.38. The number of Topliss-reactive ketones (excluding diaryl/α,β-unsaturated/α-hetero) is 1. The van der Waals surface area contributed by atoms with Crippen LogP contribution in [0.15, 0.2) is 64.3 Å². The lowest BCUT2D eigenvalue weighted by molar-refractivity contribution is -0.149. The Hall–Kier alpha value is -3.13. The van der Waals surface area contributed by atoms with Gasteiger partial charge in [0.05, 0.1) is 25.3 Å². The molecule has 1 atom stereocenters. The average Bonchev–Trinajstić information content (AvgIpc) is 3.00. The fourth-order valence-corrected chi connectivity index (χ4v) is 3.74. The smallest absolute Gasteiger partial charge is 0.325 e. The van der Waals surface area contributed by atoms with Gasteiger partial charge >= 0.3 is 5.97 Å². The molecule has 31 heavy (non-hydrogen) atoms. The van der Waals surface area contributed by atoms with Crippen molar-refractivity contribution in [2.45, 2.75) is 19.9 Å². The maximum Gasteiger partial charge on any atom is 0.325 e. The van der Waals surface area contributed by atoms with E-state index in [4.69, 9.17) is 9.47 Å². The predicted molar refractivity (Wildman–Crippen MR) is 120 cm³/mol. The van der Waals surface area contributed by atoms with Gasteiger partial charge in [-0.25, -0.2) is 0 Å². The number of carbonyl (C=O) groups excluding carboxylic acids is 3. The van der Waals surface area contributed by atoms with Crippen LogP contribution in [0.1, 0.15) is 25.5 Å². The molecule has 2 aromatic carbocycles. The van der Waals surface area contributed by atoms with Crippen molar-refractivity contribution in [3.63, 3.8) is 0 Å². The summed E-state index contributed by atoms with van der Waals surface area (Å²) in [6.45, 7) is 3.32. The molecule has 0 saturated carbocycles. The number of methoxy groups -OCH3 is 1. The molecule has 7 nitrogen and oxygen atoms in total. The first-order valence-corrected chi connectivity index (χ1v) is 10.5. The summed E-state index contributed by atoms with van der Waals surface area (Å²) in [6, 6.07) is 13.8. The first-order chi connectivity index (χ1) is 14.8. The van der Waals surface area contributed by atoms with E-state index >= 15 is 0 Å². The van der Waals surface area contributed by atoms with E-state index in [2.05, 4.69) is 21.2 Å². The Labute approximate surface area is 189 Å². The van der Waals surface area contributed by atoms with Crippen LogP contribution in [0.4, 0.5) is 5.69 Å². The Morgan fingerprint density at radius 3 is 2.32 bits per heavy atom. The van der Waals surface area contributed by atoms with E-state index in [1.54, 1.807) is 33.1 Å². The summed E-state index contributed by atoms with van der Waals surface area (Å²) in [5.74, 6) is -1.23. The molecule has 1 saturated heterocycles. The van der Waals surface area contributed by atoms with Crippen molar-refractivity contribution >= 4 is 39.3 Å². The molecule has 1 heterocycles. The molecule has 0 aromatic heterocycles. The van der Waals surface area contributed by atoms with E-state index in [0.717, 1.165) is 15.7 Å². The molecule has 1 unspecified atom stereocenters. The summed E-state index contributed by atoms with van der Waals surface area (Å²) in [5, 5.41) is 3.20. The van der Waals surface area contributed by atoms with E-state index in [1.807, 2.05) is 36.4 Å². The summed E-state index contributed by atoms with van der Waals surface area (Å²) in [4.78, 5) is 39.2. The second-order valence-corrected chi connectivity index (χ2v) is 7.83. The minimum absolute atomic E-state index is 0.193. The molecule has 1 fully saturated rings. The van der Waals surface area contributed by atoms with Gasteiger partial charge in [0.15, 0.2) is 0 Å². The summed E-state index contributed by atoms with van der Waals surface area (Å²) in [5.41, 5.74) is 2.29. The Morgan fingerprint density at radius 1 is 1.10 bits per heavy atom. The number of amides is 1. The van der Waals surface area contributed by atoms with Gasteiger partial charge in [-0.15, -0.1) is 0 Å². The van der Waals surface area contributed by atoms with Crippen LogP contribution in [0.5, 0.6) is 5.75 Å². The van der Waals surface area contributed by atoms with Gasteiger partial charge in [-0.2, -0.15) is 0 Å². The number of ether oxygens (including phenoxy) is 2. The number of allylic oxidation sites excluding steroid dienone is 1. The predicted octanol–water partition coefficient (Wildman–Crippen LogP) is 3.86. The number of rotatable bonds is 7. The van der Waals surface area contributed by atoms with Gasteiger partial charge in [0.25, 0.3) is 11.7 Å². The van der Waals surface area contributed by atoms with E-state index in [9.17, 15) is 14.4 Å². The molecule has 0 aliphatic carbocycles. The topological polar surface area (TPSA) is 84.9 Å². The molecule has 162 valence electrons. The number of likely N-dealkylation sites (tertiary alicyclic amines) is 1. The van der Waals surface area contributed by atoms with E-state index in [0.29, 0.717) is 17.0 Å². The molecule has 1 aliphatic heterocycles. The van der Waals surface area contributed by atoms with Gasteiger partial charge in [-0.3, -0.25) is 14.4 Å². The number of nitrogens with one attached hydrogen (secondary N) is 1. The second kappa shape index (κ2) is 9.78. The second-order valence-electron chi connectivity index (χ2n) is 6.91. The van der Waals surface area contributed by atoms with E-state index in [-0.39, 0.29) is 13.2 Å². The van der Waals surface area contributed by atoms with Crippen LogP contribution in [-0.2, 0) is 19.1 Å². The number of esters is 1. The lowest BCUT2D eigenvalue weighted by atomic mass is 9.97. The molecule has 1 N–H and O–H groups in total. The van der Waals surface area contributed by atoms with Crippen LogP contribution in [0, 0.1) is 0 Å². The van der Waals surface area contributed by atoms with Crippen molar-refractivity contribution < 1.29 is 23.9 Å². The van der Waals surface area contributed by atoms with Crippen molar-refractivity contribution in [2.24, 2.45) is 0 Å². The molecule has 3 rings (SSSR count). The monoisotopic (exact) mass is 486 g/mol. The molecule has 2 aromatic rings. The third-order valence-electron chi connectivity index (χ3n) is 4.90. The third-order valence-corrected chi connectivity index (χ3v) is 5.43. The van der Waals surface area contributed by atoms with E-state index in [1.165, 1.54) is 4.90 Å². The van der Waals surface area contributed by atoms with Gasteiger partial charge in [-0.1, -0.05) is 28.1 Å². The van der Waals surface area contributed by atoms with Crippen LogP contribution in [0.25, 0.3) is 0 Å². The summed E-state index contributed by atoms with van der Waals surface area (Å²) >= 11 is 3.40. The lowest BCUT2D eigenvalue weighted by Gasteiger charge is -2.25. The molecular weight excluding hydrogens is 464 g/mol. The van der Waals surface area contributed by atoms with Crippen molar-refractivity contribution in [1.29, 1.82) is 0 Å². The Bertz CT molecular complexity index is 1020. The highest BCUT2D eigenvalue weighted by molar-refractivity contribution is 9.10. The number of carbonyl (C=O) groups is 3. The zero-order valence-corrected chi connectivity index (χ0v) is 19.1. The number of benzene rings is 2. The Morgan fingerprint density at radius 2 is 1.74 bits per heavy atom. The van der Waals surface area contributed by atoms with Gasteiger partial charge < -0.3 is 19.7 Å². The van der Waals surface area contributed by atoms with Crippen molar-refractivity contribution in [3.8, 4) is 5.75 Å². The summed E-state index contributed by atoms with van der Waals surface area (Å²) in [6.07, 6.45) is 0.